The number of aliphatic carboxylic acids is 1. The summed E-state index contributed by atoms with van der Waals surface area (Å²) in [5.74, 6) is 0.366. The van der Waals surface area contributed by atoms with Crippen molar-refractivity contribution in [1.82, 2.24) is 9.97 Å². The molecule has 0 amide bonds. The lowest BCUT2D eigenvalue weighted by Crippen LogP contribution is -2.13. The molecule has 0 spiro atoms. The molecule has 2 unspecified atom stereocenters. The second kappa shape index (κ2) is 4.57. The van der Waals surface area contributed by atoms with E-state index in [4.69, 9.17) is 5.11 Å². The van der Waals surface area contributed by atoms with Gasteiger partial charge < -0.3 is 15.7 Å². The molecule has 1 heterocycles. The molecule has 1 fully saturated rings. The molecular weight excluding hydrogens is 220 g/mol. The van der Waals surface area contributed by atoms with Gasteiger partial charge in [-0.3, -0.25) is 4.79 Å². The van der Waals surface area contributed by atoms with Gasteiger partial charge in [0.1, 0.15) is 18.0 Å². The fraction of sp³-hybridized carbons (Fsp3) is 0.545. The van der Waals surface area contributed by atoms with E-state index in [0.29, 0.717) is 18.3 Å². The summed E-state index contributed by atoms with van der Waals surface area (Å²) in [4.78, 5) is 18.8. The van der Waals surface area contributed by atoms with Crippen LogP contribution in [0.5, 0.6) is 0 Å². The van der Waals surface area contributed by atoms with Crippen LogP contribution in [0.4, 0.5) is 11.6 Å². The topological polar surface area (TPSA) is 87.1 Å². The number of anilines is 2. The van der Waals surface area contributed by atoms with Crippen LogP contribution in [-0.4, -0.2) is 33.1 Å². The Hall–Kier alpha value is -1.85. The fourth-order valence-electron chi connectivity index (χ4n) is 1.63. The number of rotatable bonds is 5. The van der Waals surface area contributed by atoms with Gasteiger partial charge in [0.05, 0.1) is 5.92 Å². The molecule has 0 aromatic carbocycles. The molecule has 2 rings (SSSR count). The van der Waals surface area contributed by atoms with E-state index in [9.17, 15) is 4.79 Å². The second-order valence-electron chi connectivity index (χ2n) is 4.52. The molecule has 3 N–H and O–H groups in total. The number of carbonyl (C=O) groups is 1. The summed E-state index contributed by atoms with van der Waals surface area (Å²) in [5, 5.41) is 15.0. The molecule has 1 aromatic heterocycles. The quantitative estimate of drug-likeness (QED) is 0.711. The van der Waals surface area contributed by atoms with Crippen molar-refractivity contribution >= 4 is 17.6 Å². The van der Waals surface area contributed by atoms with Gasteiger partial charge in [-0.15, -0.1) is 0 Å². The average molecular weight is 236 g/mol. The first-order valence-electron chi connectivity index (χ1n) is 5.64. The molecule has 2 atom stereocenters. The Bertz CT molecular complexity index is 422. The Balaban J connectivity index is 1.95. The number of carboxylic acids is 1. The Morgan fingerprint density at radius 1 is 1.47 bits per heavy atom. The molecule has 0 bridgehead atoms. The highest BCUT2D eigenvalue weighted by atomic mass is 16.4. The summed E-state index contributed by atoms with van der Waals surface area (Å²) in [6.07, 6.45) is 2.12. The normalized spacial score (nSPS) is 22.3. The summed E-state index contributed by atoms with van der Waals surface area (Å²) in [6, 6.07) is 2.08. The van der Waals surface area contributed by atoms with E-state index in [-0.39, 0.29) is 12.0 Å². The van der Waals surface area contributed by atoms with Crippen LogP contribution in [0.1, 0.15) is 20.3 Å². The predicted molar refractivity (Wildman–Crippen MR) is 63.9 cm³/mol. The van der Waals surface area contributed by atoms with Gasteiger partial charge in [0.25, 0.3) is 0 Å². The van der Waals surface area contributed by atoms with Crippen LogP contribution in [0, 0.1) is 5.92 Å². The minimum Gasteiger partial charge on any atom is -0.481 e. The molecular formula is C11H16N4O2. The number of nitrogens with zero attached hydrogens (tertiary/aromatic N) is 2. The highest BCUT2D eigenvalue weighted by Crippen LogP contribution is 2.33. The van der Waals surface area contributed by atoms with Crippen LogP contribution in [0.25, 0.3) is 0 Å². The zero-order valence-electron chi connectivity index (χ0n) is 9.84. The zero-order valence-corrected chi connectivity index (χ0v) is 9.84. The Morgan fingerprint density at radius 3 is 2.76 bits per heavy atom. The van der Waals surface area contributed by atoms with E-state index in [1.165, 1.54) is 6.33 Å². The molecule has 1 aliphatic rings. The van der Waals surface area contributed by atoms with Crippen LogP contribution in [0.15, 0.2) is 12.4 Å². The van der Waals surface area contributed by atoms with Crippen LogP contribution in [0.3, 0.4) is 0 Å². The molecule has 1 saturated carbocycles. The van der Waals surface area contributed by atoms with Crippen LogP contribution < -0.4 is 10.6 Å². The summed E-state index contributed by atoms with van der Waals surface area (Å²) < 4.78 is 0. The third-order valence-corrected chi connectivity index (χ3v) is 2.54. The van der Waals surface area contributed by atoms with Crippen molar-refractivity contribution in [3.05, 3.63) is 12.4 Å². The maximum atomic E-state index is 10.7. The fourth-order valence-corrected chi connectivity index (χ4v) is 1.63. The summed E-state index contributed by atoms with van der Waals surface area (Å²) in [5.41, 5.74) is 0. The summed E-state index contributed by atoms with van der Waals surface area (Å²) in [7, 11) is 0. The third-order valence-electron chi connectivity index (χ3n) is 2.54. The summed E-state index contributed by atoms with van der Waals surface area (Å²) in [6.45, 7) is 4.05. The smallest absolute Gasteiger partial charge is 0.308 e. The monoisotopic (exact) mass is 236 g/mol. The van der Waals surface area contributed by atoms with Crippen molar-refractivity contribution in [3.63, 3.8) is 0 Å². The lowest BCUT2D eigenvalue weighted by molar-refractivity contribution is -0.138. The molecule has 1 aliphatic carbocycles. The zero-order chi connectivity index (χ0) is 12.4. The highest BCUT2D eigenvalue weighted by molar-refractivity contribution is 5.75. The number of aromatic nitrogens is 2. The van der Waals surface area contributed by atoms with E-state index in [1.807, 2.05) is 13.8 Å². The molecule has 0 radical (unpaired) electrons. The first kappa shape index (κ1) is 11.6. The van der Waals surface area contributed by atoms with Gasteiger partial charge >= 0.3 is 5.97 Å². The van der Waals surface area contributed by atoms with E-state index in [2.05, 4.69) is 20.6 Å². The van der Waals surface area contributed by atoms with Crippen molar-refractivity contribution in [3.8, 4) is 0 Å². The highest BCUT2D eigenvalue weighted by Gasteiger charge is 2.43. The Kier molecular flexibility index (Phi) is 3.12. The average Bonchev–Trinajstić information content (AvgIpc) is 2.96. The van der Waals surface area contributed by atoms with Crippen LogP contribution in [-0.2, 0) is 4.79 Å². The van der Waals surface area contributed by atoms with Gasteiger partial charge in [-0.05, 0) is 20.3 Å². The Morgan fingerprint density at radius 2 is 2.18 bits per heavy atom. The van der Waals surface area contributed by atoms with Crippen LogP contribution >= 0.6 is 0 Å². The van der Waals surface area contributed by atoms with Crippen molar-refractivity contribution in [2.75, 3.05) is 10.6 Å². The molecule has 6 nitrogen and oxygen atoms in total. The number of nitrogens with one attached hydrogen (secondary N) is 2. The maximum Gasteiger partial charge on any atom is 0.308 e. The number of hydrogen-bond donors (Lipinski definition) is 3. The SMILES string of the molecule is CC(C)Nc1cc(NC2CC2C(=O)O)ncn1. The van der Waals surface area contributed by atoms with Gasteiger partial charge in [-0.1, -0.05) is 0 Å². The largest absolute Gasteiger partial charge is 0.481 e. The van der Waals surface area contributed by atoms with E-state index >= 15 is 0 Å². The van der Waals surface area contributed by atoms with Crippen molar-refractivity contribution in [1.29, 1.82) is 0 Å². The van der Waals surface area contributed by atoms with E-state index < -0.39 is 5.97 Å². The summed E-state index contributed by atoms with van der Waals surface area (Å²) >= 11 is 0. The predicted octanol–water partition coefficient (Wildman–Crippen LogP) is 1.18. The minimum atomic E-state index is -0.753. The number of hydrogen-bond acceptors (Lipinski definition) is 5. The van der Waals surface area contributed by atoms with Crippen molar-refractivity contribution in [2.45, 2.75) is 32.4 Å². The van der Waals surface area contributed by atoms with Gasteiger partial charge in [-0.2, -0.15) is 0 Å². The lowest BCUT2D eigenvalue weighted by atomic mass is 10.4. The van der Waals surface area contributed by atoms with E-state index in [1.54, 1.807) is 6.07 Å². The third kappa shape index (κ3) is 3.05. The number of carboxylic acid groups (broad SMARTS) is 1. The van der Waals surface area contributed by atoms with Crippen molar-refractivity contribution in [2.24, 2.45) is 5.92 Å². The first-order chi connectivity index (χ1) is 8.06. The molecule has 1 aromatic rings. The Labute approximate surface area is 99.5 Å². The second-order valence-corrected chi connectivity index (χ2v) is 4.52. The molecule has 92 valence electrons. The van der Waals surface area contributed by atoms with Gasteiger partial charge in [-0.25, -0.2) is 9.97 Å². The van der Waals surface area contributed by atoms with Crippen LogP contribution in [0.2, 0.25) is 0 Å². The van der Waals surface area contributed by atoms with Crippen molar-refractivity contribution < 1.29 is 9.90 Å². The lowest BCUT2D eigenvalue weighted by Gasteiger charge is -2.10. The molecule has 17 heavy (non-hydrogen) atoms. The molecule has 0 saturated heterocycles. The van der Waals surface area contributed by atoms with E-state index in [0.717, 1.165) is 5.82 Å². The molecule has 6 heteroatoms. The molecule has 0 aliphatic heterocycles. The van der Waals surface area contributed by atoms with Gasteiger partial charge in [0.15, 0.2) is 0 Å². The van der Waals surface area contributed by atoms with Gasteiger partial charge in [0.2, 0.25) is 0 Å². The minimum absolute atomic E-state index is 0.00528. The first-order valence-corrected chi connectivity index (χ1v) is 5.64. The van der Waals surface area contributed by atoms with Gasteiger partial charge in [0, 0.05) is 18.2 Å². The maximum absolute atomic E-state index is 10.7. The standard InChI is InChI=1S/C11H16N4O2/c1-6(2)14-9-4-10(13-5-12-9)15-8-3-7(8)11(16)17/h4-8H,3H2,1-2H3,(H,16,17)(H2,12,13,14,15).